The van der Waals surface area contributed by atoms with E-state index < -0.39 is 5.54 Å². The second-order valence-corrected chi connectivity index (χ2v) is 5.82. The number of likely N-dealkylation sites (N-methyl/N-ethyl adjacent to an activating group) is 1. The van der Waals surface area contributed by atoms with Crippen molar-refractivity contribution in [2.75, 3.05) is 7.05 Å². The summed E-state index contributed by atoms with van der Waals surface area (Å²) < 4.78 is 0. The molecule has 0 fully saturated rings. The fraction of sp³-hybridized carbons (Fsp3) is 0.923. The van der Waals surface area contributed by atoms with Gasteiger partial charge in [-0.3, -0.25) is 4.79 Å². The van der Waals surface area contributed by atoms with E-state index in [1.807, 2.05) is 20.9 Å². The van der Waals surface area contributed by atoms with Crippen LogP contribution in [0.15, 0.2) is 0 Å². The fourth-order valence-corrected chi connectivity index (χ4v) is 1.66. The van der Waals surface area contributed by atoms with Crippen LogP contribution in [0.3, 0.4) is 0 Å². The Bertz CT molecular complexity index is 239. The smallest absolute Gasteiger partial charge is 0.242 e. The second-order valence-electron chi connectivity index (χ2n) is 5.82. The normalized spacial score (nSPS) is 14.8. The van der Waals surface area contributed by atoms with E-state index in [1.165, 1.54) is 0 Å². The number of amides is 1. The molecule has 96 valence electrons. The summed E-state index contributed by atoms with van der Waals surface area (Å²) in [6.07, 6.45) is 1.37. The first-order chi connectivity index (χ1) is 7.10. The molecule has 0 spiro atoms. The van der Waals surface area contributed by atoms with Crippen molar-refractivity contribution in [2.24, 2.45) is 11.1 Å². The van der Waals surface area contributed by atoms with Crippen LogP contribution in [0.2, 0.25) is 0 Å². The highest BCUT2D eigenvalue weighted by Crippen LogP contribution is 2.25. The van der Waals surface area contributed by atoms with E-state index in [4.69, 9.17) is 5.73 Å². The summed E-state index contributed by atoms with van der Waals surface area (Å²) >= 11 is 0. The second kappa shape index (κ2) is 5.17. The molecule has 0 rings (SSSR count). The summed E-state index contributed by atoms with van der Waals surface area (Å²) in [7, 11) is 1.85. The Labute approximate surface area is 100 Å². The Morgan fingerprint density at radius 1 is 1.25 bits per heavy atom. The van der Waals surface area contributed by atoms with Crippen LogP contribution in [-0.4, -0.2) is 29.4 Å². The van der Waals surface area contributed by atoms with Crippen molar-refractivity contribution in [3.8, 4) is 0 Å². The molecule has 3 heteroatoms. The zero-order chi connectivity index (χ0) is 13.1. The third-order valence-electron chi connectivity index (χ3n) is 3.84. The maximum atomic E-state index is 12.3. The number of nitrogens with two attached hydrogens (primary N) is 1. The molecule has 16 heavy (non-hydrogen) atoms. The number of hydrogen-bond acceptors (Lipinski definition) is 2. The first-order valence-electron chi connectivity index (χ1n) is 6.16. The van der Waals surface area contributed by atoms with Crippen LogP contribution in [-0.2, 0) is 4.79 Å². The Morgan fingerprint density at radius 3 is 1.88 bits per heavy atom. The molecule has 1 amide bonds. The van der Waals surface area contributed by atoms with Crippen LogP contribution >= 0.6 is 0 Å². The number of hydrogen-bond donors (Lipinski definition) is 1. The van der Waals surface area contributed by atoms with Crippen molar-refractivity contribution >= 4 is 5.91 Å². The van der Waals surface area contributed by atoms with E-state index in [-0.39, 0.29) is 17.4 Å². The Balaban J connectivity index is 4.87. The quantitative estimate of drug-likeness (QED) is 0.803. The molecule has 1 unspecified atom stereocenters. The number of carbonyl (C=O) groups is 1. The average Bonchev–Trinajstić information content (AvgIpc) is 2.23. The lowest BCUT2D eigenvalue weighted by atomic mass is 9.85. The van der Waals surface area contributed by atoms with Crippen molar-refractivity contribution in [2.45, 2.75) is 66.0 Å². The molecule has 0 saturated heterocycles. The number of nitrogens with zero attached hydrogens (tertiary/aromatic N) is 1. The highest BCUT2D eigenvalue weighted by Gasteiger charge is 2.36. The van der Waals surface area contributed by atoms with Crippen molar-refractivity contribution in [1.82, 2.24) is 4.90 Å². The lowest BCUT2D eigenvalue weighted by Crippen LogP contribution is -2.57. The molecule has 0 aromatic carbocycles. The van der Waals surface area contributed by atoms with Crippen LogP contribution < -0.4 is 5.73 Å². The topological polar surface area (TPSA) is 46.3 Å². The number of carbonyl (C=O) groups excluding carboxylic acids is 1. The van der Waals surface area contributed by atoms with E-state index in [9.17, 15) is 4.79 Å². The lowest BCUT2D eigenvalue weighted by Gasteiger charge is -2.39. The molecule has 0 saturated carbocycles. The summed E-state index contributed by atoms with van der Waals surface area (Å²) in [5, 5.41) is 0. The molecule has 0 aliphatic rings. The number of rotatable bonds is 4. The molecule has 0 aliphatic carbocycles. The first-order valence-corrected chi connectivity index (χ1v) is 6.16. The van der Waals surface area contributed by atoms with Gasteiger partial charge in [-0.15, -0.1) is 0 Å². The zero-order valence-corrected chi connectivity index (χ0v) is 11.9. The van der Waals surface area contributed by atoms with E-state index in [2.05, 4.69) is 27.7 Å². The predicted octanol–water partition coefficient (Wildman–Crippen LogP) is 2.40. The van der Waals surface area contributed by atoms with E-state index in [1.54, 1.807) is 4.90 Å². The van der Waals surface area contributed by atoms with Crippen LogP contribution in [0.5, 0.6) is 0 Å². The Kier molecular flexibility index (Phi) is 4.99. The van der Waals surface area contributed by atoms with Gasteiger partial charge in [-0.25, -0.2) is 0 Å². The highest BCUT2D eigenvalue weighted by molar-refractivity contribution is 5.86. The van der Waals surface area contributed by atoms with Gasteiger partial charge in [0.15, 0.2) is 0 Å². The minimum Gasteiger partial charge on any atom is -0.341 e. The molecule has 0 radical (unpaired) electrons. The van der Waals surface area contributed by atoms with Gasteiger partial charge in [0.25, 0.3) is 0 Å². The van der Waals surface area contributed by atoms with Crippen LogP contribution in [0.25, 0.3) is 0 Å². The summed E-state index contributed by atoms with van der Waals surface area (Å²) in [6.45, 7) is 12.4. The third kappa shape index (κ3) is 3.21. The van der Waals surface area contributed by atoms with Gasteiger partial charge in [0, 0.05) is 13.1 Å². The maximum absolute atomic E-state index is 12.3. The molecular weight excluding hydrogens is 200 g/mol. The zero-order valence-electron chi connectivity index (χ0n) is 11.9. The monoisotopic (exact) mass is 228 g/mol. The van der Waals surface area contributed by atoms with Crippen LogP contribution in [0.1, 0.15) is 54.4 Å². The largest absolute Gasteiger partial charge is 0.341 e. The third-order valence-corrected chi connectivity index (χ3v) is 3.84. The van der Waals surface area contributed by atoms with Gasteiger partial charge in [0.05, 0.1) is 5.54 Å². The molecule has 0 heterocycles. The summed E-state index contributed by atoms with van der Waals surface area (Å²) in [5.41, 5.74) is 5.51. The molecule has 0 bridgehead atoms. The van der Waals surface area contributed by atoms with Gasteiger partial charge >= 0.3 is 0 Å². The Hall–Kier alpha value is -0.570. The minimum atomic E-state index is -0.700. The fourth-order valence-electron chi connectivity index (χ4n) is 1.66. The maximum Gasteiger partial charge on any atom is 0.242 e. The van der Waals surface area contributed by atoms with E-state index in [0.29, 0.717) is 12.8 Å². The molecule has 2 N–H and O–H groups in total. The standard InChI is InChI=1S/C13H28N2O/c1-8-13(14,9-2)11(16)15(7)10(3)12(4,5)6/h10H,8-9,14H2,1-7H3. The summed E-state index contributed by atoms with van der Waals surface area (Å²) in [6, 6.07) is 0.182. The van der Waals surface area contributed by atoms with Gasteiger partial charge in [0.1, 0.15) is 0 Å². The van der Waals surface area contributed by atoms with Crippen molar-refractivity contribution in [1.29, 1.82) is 0 Å². The predicted molar refractivity (Wildman–Crippen MR) is 69.2 cm³/mol. The minimum absolute atomic E-state index is 0.0555. The van der Waals surface area contributed by atoms with E-state index >= 15 is 0 Å². The van der Waals surface area contributed by atoms with Gasteiger partial charge in [-0.1, -0.05) is 34.6 Å². The Morgan fingerprint density at radius 2 is 1.62 bits per heavy atom. The van der Waals surface area contributed by atoms with Crippen molar-refractivity contribution < 1.29 is 4.79 Å². The first kappa shape index (κ1) is 15.4. The van der Waals surface area contributed by atoms with Crippen LogP contribution in [0.4, 0.5) is 0 Å². The summed E-state index contributed by atoms with van der Waals surface area (Å²) in [5.74, 6) is 0.0555. The lowest BCUT2D eigenvalue weighted by molar-refractivity contribution is -0.139. The van der Waals surface area contributed by atoms with Crippen LogP contribution in [0, 0.1) is 5.41 Å². The SMILES string of the molecule is CCC(N)(CC)C(=O)N(C)C(C)C(C)(C)C. The van der Waals surface area contributed by atoms with Gasteiger partial charge in [-0.05, 0) is 25.2 Å². The van der Waals surface area contributed by atoms with Gasteiger partial charge in [-0.2, -0.15) is 0 Å². The molecule has 1 atom stereocenters. The van der Waals surface area contributed by atoms with Crippen molar-refractivity contribution in [3.63, 3.8) is 0 Å². The highest BCUT2D eigenvalue weighted by atomic mass is 16.2. The van der Waals surface area contributed by atoms with E-state index in [0.717, 1.165) is 0 Å². The molecule has 0 aromatic heterocycles. The molecule has 3 nitrogen and oxygen atoms in total. The summed E-state index contributed by atoms with van der Waals surface area (Å²) in [4.78, 5) is 14.1. The van der Waals surface area contributed by atoms with Crippen molar-refractivity contribution in [3.05, 3.63) is 0 Å². The van der Waals surface area contributed by atoms with Gasteiger partial charge < -0.3 is 10.6 Å². The molecular formula is C13H28N2O. The molecule has 0 aromatic rings. The average molecular weight is 228 g/mol. The van der Waals surface area contributed by atoms with Gasteiger partial charge in [0.2, 0.25) is 5.91 Å². The molecule has 0 aliphatic heterocycles.